The second-order valence-electron chi connectivity index (χ2n) is 3.55. The van der Waals surface area contributed by atoms with E-state index in [4.69, 9.17) is 15.6 Å². The summed E-state index contributed by atoms with van der Waals surface area (Å²) in [6.45, 7) is 1.76. The molecule has 0 amide bonds. The molecule has 5 nitrogen and oxygen atoms in total. The third-order valence-electron chi connectivity index (χ3n) is 2.38. The number of nitrogens with two attached hydrogens (primary N) is 1. The Morgan fingerprint density at radius 1 is 1.56 bits per heavy atom. The van der Waals surface area contributed by atoms with Gasteiger partial charge in [0.15, 0.2) is 11.5 Å². The average Bonchev–Trinajstić information content (AvgIpc) is 2.16. The second-order valence-corrected chi connectivity index (χ2v) is 3.55. The highest BCUT2D eigenvalue weighted by atomic mass is 16.5. The van der Waals surface area contributed by atoms with Gasteiger partial charge in [-0.15, -0.1) is 0 Å². The summed E-state index contributed by atoms with van der Waals surface area (Å²) in [6.07, 6.45) is -0.235. The van der Waals surface area contributed by atoms with Crippen LogP contribution in [0.2, 0.25) is 0 Å². The van der Waals surface area contributed by atoms with Gasteiger partial charge in [0.25, 0.3) is 0 Å². The van der Waals surface area contributed by atoms with E-state index in [0.717, 1.165) is 5.56 Å². The van der Waals surface area contributed by atoms with Crippen molar-refractivity contribution in [2.45, 2.75) is 19.4 Å². The molecule has 0 radical (unpaired) electrons. The largest absolute Gasteiger partial charge is 0.504 e. The first-order valence-corrected chi connectivity index (χ1v) is 4.81. The van der Waals surface area contributed by atoms with Crippen LogP contribution in [0.1, 0.15) is 23.6 Å². The molecule has 88 valence electrons. The quantitative estimate of drug-likeness (QED) is 0.715. The zero-order valence-corrected chi connectivity index (χ0v) is 9.23. The molecule has 1 atom stereocenters. The van der Waals surface area contributed by atoms with Crippen molar-refractivity contribution >= 4 is 5.97 Å². The van der Waals surface area contributed by atoms with E-state index in [-0.39, 0.29) is 12.2 Å². The fourth-order valence-electron chi connectivity index (χ4n) is 1.61. The number of hydrogen-bond donors (Lipinski definition) is 3. The molecule has 5 heteroatoms. The number of carbonyl (C=O) groups is 1. The normalized spacial score (nSPS) is 12.2. The van der Waals surface area contributed by atoms with Crippen LogP contribution in [0.3, 0.4) is 0 Å². The van der Waals surface area contributed by atoms with Gasteiger partial charge in [0, 0.05) is 11.6 Å². The number of benzene rings is 1. The zero-order valence-electron chi connectivity index (χ0n) is 9.23. The SMILES string of the molecule is COc1ccc(C)c(C(N)CC(=O)O)c1O. The fraction of sp³-hybridized carbons (Fsp3) is 0.364. The van der Waals surface area contributed by atoms with Crippen molar-refractivity contribution in [3.63, 3.8) is 0 Å². The van der Waals surface area contributed by atoms with E-state index in [2.05, 4.69) is 0 Å². The Morgan fingerprint density at radius 2 is 2.19 bits per heavy atom. The molecule has 1 aromatic carbocycles. The molecule has 0 saturated heterocycles. The first-order valence-electron chi connectivity index (χ1n) is 4.81. The van der Waals surface area contributed by atoms with Crippen LogP contribution in [0.15, 0.2) is 12.1 Å². The molecule has 0 heterocycles. The number of phenolic OH excluding ortho intramolecular Hbond substituents is 1. The predicted octanol–water partition coefficient (Wildman–Crippen LogP) is 1.18. The Balaban J connectivity index is 3.15. The minimum absolute atomic E-state index is 0.0868. The lowest BCUT2D eigenvalue weighted by molar-refractivity contribution is -0.137. The highest BCUT2D eigenvalue weighted by Crippen LogP contribution is 2.36. The Hall–Kier alpha value is -1.75. The summed E-state index contributed by atoms with van der Waals surface area (Å²) in [5, 5.41) is 18.5. The highest BCUT2D eigenvalue weighted by molar-refractivity contribution is 5.68. The maximum absolute atomic E-state index is 10.6. The smallest absolute Gasteiger partial charge is 0.305 e. The number of phenols is 1. The number of ether oxygens (including phenoxy) is 1. The number of carboxylic acid groups (broad SMARTS) is 1. The predicted molar refractivity (Wildman–Crippen MR) is 58.6 cm³/mol. The Labute approximate surface area is 93.5 Å². The van der Waals surface area contributed by atoms with Crippen molar-refractivity contribution < 1.29 is 19.7 Å². The molecule has 0 fully saturated rings. The molecule has 4 N–H and O–H groups in total. The van der Waals surface area contributed by atoms with Gasteiger partial charge in [0.1, 0.15) is 0 Å². The van der Waals surface area contributed by atoms with Gasteiger partial charge in [-0.25, -0.2) is 0 Å². The van der Waals surface area contributed by atoms with Gasteiger partial charge in [-0.1, -0.05) is 6.07 Å². The molecule has 1 unspecified atom stereocenters. The first-order chi connectivity index (χ1) is 7.47. The summed E-state index contributed by atoms with van der Waals surface area (Å²) in [4.78, 5) is 10.6. The molecular formula is C11H15NO4. The number of aromatic hydroxyl groups is 1. The van der Waals surface area contributed by atoms with Crippen LogP contribution >= 0.6 is 0 Å². The maximum Gasteiger partial charge on any atom is 0.305 e. The lowest BCUT2D eigenvalue weighted by Gasteiger charge is -2.16. The standard InChI is InChI=1S/C11H15NO4/c1-6-3-4-8(16-2)11(15)10(6)7(12)5-9(13)14/h3-4,7,15H,5,12H2,1-2H3,(H,13,14). The summed E-state index contributed by atoms with van der Waals surface area (Å²) >= 11 is 0. The van der Waals surface area contributed by atoms with Crippen molar-refractivity contribution in [2.24, 2.45) is 5.73 Å². The summed E-state index contributed by atoms with van der Waals surface area (Å²) in [6, 6.07) is 2.60. The molecular weight excluding hydrogens is 210 g/mol. The lowest BCUT2D eigenvalue weighted by atomic mass is 9.98. The molecule has 0 saturated carbocycles. The topological polar surface area (TPSA) is 92.8 Å². The third-order valence-corrected chi connectivity index (χ3v) is 2.38. The molecule has 0 bridgehead atoms. The molecule has 0 aliphatic heterocycles. The molecule has 16 heavy (non-hydrogen) atoms. The van der Waals surface area contributed by atoms with Gasteiger partial charge in [-0.2, -0.15) is 0 Å². The van der Waals surface area contributed by atoms with E-state index in [0.29, 0.717) is 11.3 Å². The number of carboxylic acids is 1. The first kappa shape index (κ1) is 12.3. The number of rotatable bonds is 4. The molecule has 0 aromatic heterocycles. The van der Waals surface area contributed by atoms with E-state index in [1.807, 2.05) is 0 Å². The van der Waals surface area contributed by atoms with Crippen LogP contribution in [0, 0.1) is 6.92 Å². The monoisotopic (exact) mass is 225 g/mol. The summed E-state index contributed by atoms with van der Waals surface area (Å²) < 4.78 is 4.94. The van der Waals surface area contributed by atoms with Gasteiger partial charge >= 0.3 is 5.97 Å². The minimum atomic E-state index is -1.01. The summed E-state index contributed by atoms with van der Waals surface area (Å²) in [5.74, 6) is -0.799. The molecule has 1 aromatic rings. The minimum Gasteiger partial charge on any atom is -0.504 e. The van der Waals surface area contributed by atoms with E-state index in [9.17, 15) is 9.90 Å². The van der Waals surface area contributed by atoms with E-state index in [1.165, 1.54) is 7.11 Å². The van der Waals surface area contributed by atoms with Gasteiger partial charge < -0.3 is 20.7 Å². The maximum atomic E-state index is 10.6. The van der Waals surface area contributed by atoms with Crippen LogP contribution in [0.4, 0.5) is 0 Å². The molecule has 0 aliphatic carbocycles. The highest BCUT2D eigenvalue weighted by Gasteiger charge is 2.19. The molecule has 0 spiro atoms. The zero-order chi connectivity index (χ0) is 12.3. The Kier molecular flexibility index (Phi) is 3.73. The van der Waals surface area contributed by atoms with Crippen molar-refractivity contribution in [1.29, 1.82) is 0 Å². The van der Waals surface area contributed by atoms with Crippen LogP contribution in [0.5, 0.6) is 11.5 Å². The van der Waals surface area contributed by atoms with E-state index >= 15 is 0 Å². The lowest BCUT2D eigenvalue weighted by Crippen LogP contribution is -2.16. The number of aliphatic carboxylic acids is 1. The van der Waals surface area contributed by atoms with Crippen molar-refractivity contribution in [3.05, 3.63) is 23.3 Å². The van der Waals surface area contributed by atoms with Crippen LogP contribution < -0.4 is 10.5 Å². The fourth-order valence-corrected chi connectivity index (χ4v) is 1.61. The van der Waals surface area contributed by atoms with Gasteiger partial charge in [-0.05, 0) is 18.6 Å². The van der Waals surface area contributed by atoms with Gasteiger partial charge in [0.05, 0.1) is 13.5 Å². The van der Waals surface area contributed by atoms with Crippen molar-refractivity contribution in [1.82, 2.24) is 0 Å². The van der Waals surface area contributed by atoms with E-state index in [1.54, 1.807) is 19.1 Å². The summed E-state index contributed by atoms with van der Waals surface area (Å²) in [5.41, 5.74) is 6.89. The number of methoxy groups -OCH3 is 1. The van der Waals surface area contributed by atoms with Gasteiger partial charge in [-0.3, -0.25) is 4.79 Å². The van der Waals surface area contributed by atoms with Crippen LogP contribution in [-0.2, 0) is 4.79 Å². The Morgan fingerprint density at radius 3 is 2.69 bits per heavy atom. The molecule has 1 rings (SSSR count). The van der Waals surface area contributed by atoms with Crippen LogP contribution in [-0.4, -0.2) is 23.3 Å². The summed E-state index contributed by atoms with van der Waals surface area (Å²) in [7, 11) is 1.43. The van der Waals surface area contributed by atoms with Crippen molar-refractivity contribution in [3.8, 4) is 11.5 Å². The molecule has 0 aliphatic rings. The van der Waals surface area contributed by atoms with Crippen molar-refractivity contribution in [2.75, 3.05) is 7.11 Å². The number of aryl methyl sites for hydroxylation is 1. The Bertz CT molecular complexity index is 403. The van der Waals surface area contributed by atoms with Crippen LogP contribution in [0.25, 0.3) is 0 Å². The van der Waals surface area contributed by atoms with Gasteiger partial charge in [0.2, 0.25) is 0 Å². The second kappa shape index (κ2) is 4.85. The third kappa shape index (κ3) is 2.43. The average molecular weight is 225 g/mol. The van der Waals surface area contributed by atoms with E-state index < -0.39 is 12.0 Å². The number of hydrogen-bond acceptors (Lipinski definition) is 4.